The molecule has 0 aromatic carbocycles. The van der Waals surface area contributed by atoms with Crippen LogP contribution in [0.2, 0.25) is 0 Å². The lowest BCUT2D eigenvalue weighted by molar-refractivity contribution is -0.140. The van der Waals surface area contributed by atoms with Gasteiger partial charge in [0.25, 0.3) is 0 Å². The lowest BCUT2D eigenvalue weighted by atomic mass is 9.81. The number of anilines is 3. The summed E-state index contributed by atoms with van der Waals surface area (Å²) in [7, 11) is 0. The van der Waals surface area contributed by atoms with Gasteiger partial charge in [-0.2, -0.15) is 16.9 Å². The first-order valence-corrected chi connectivity index (χ1v) is 13.5. The van der Waals surface area contributed by atoms with E-state index in [4.69, 9.17) is 4.98 Å². The molecule has 2 aliphatic rings. The molecule has 9 heteroatoms. The first-order valence-electron chi connectivity index (χ1n) is 12.2. The summed E-state index contributed by atoms with van der Waals surface area (Å²) in [6.07, 6.45) is 10.0. The first kappa shape index (κ1) is 23.0. The van der Waals surface area contributed by atoms with E-state index in [1.807, 2.05) is 31.4 Å². The molecule has 3 N–H and O–H groups in total. The lowest BCUT2D eigenvalue weighted by Gasteiger charge is -2.50. The number of carbonyl (C=O) groups excluding carboxylic acids is 1. The van der Waals surface area contributed by atoms with Crippen LogP contribution in [-0.4, -0.2) is 60.6 Å². The predicted molar refractivity (Wildman–Crippen MR) is 139 cm³/mol. The molecule has 0 aliphatic carbocycles. The molecule has 34 heavy (non-hydrogen) atoms. The van der Waals surface area contributed by atoms with Gasteiger partial charge in [-0.05, 0) is 63.8 Å². The number of rotatable bonds is 7. The van der Waals surface area contributed by atoms with Crippen molar-refractivity contribution in [3.05, 3.63) is 36.2 Å². The van der Waals surface area contributed by atoms with E-state index in [1.165, 1.54) is 6.42 Å². The number of hydrogen-bond donors (Lipinski definition) is 3. The minimum Gasteiger partial charge on any atom is -0.367 e. The molecule has 0 spiro atoms. The zero-order valence-electron chi connectivity index (χ0n) is 20.0. The van der Waals surface area contributed by atoms with E-state index < -0.39 is 0 Å². The van der Waals surface area contributed by atoms with Crippen LogP contribution in [0.15, 0.2) is 30.5 Å². The molecular formula is C25H33N7OS. The Kier molecular flexibility index (Phi) is 6.63. The number of aryl methyl sites for hydroxylation is 1. The summed E-state index contributed by atoms with van der Waals surface area (Å²) in [5.74, 6) is 2.60. The van der Waals surface area contributed by atoms with Crippen molar-refractivity contribution in [2.75, 3.05) is 16.9 Å². The van der Waals surface area contributed by atoms with Gasteiger partial charge in [-0.1, -0.05) is 6.92 Å². The molecule has 3 aromatic heterocycles. The number of aromatic nitrogens is 4. The molecule has 8 nitrogen and oxygen atoms in total. The van der Waals surface area contributed by atoms with Gasteiger partial charge in [-0.15, -0.1) is 0 Å². The maximum atomic E-state index is 13.3. The minimum absolute atomic E-state index is 0.0673. The second-order valence-corrected chi connectivity index (χ2v) is 10.5. The van der Waals surface area contributed by atoms with Crippen LogP contribution < -0.4 is 10.6 Å². The average molecular weight is 480 g/mol. The van der Waals surface area contributed by atoms with Gasteiger partial charge in [0.1, 0.15) is 11.6 Å². The molecule has 2 fully saturated rings. The van der Waals surface area contributed by atoms with Crippen molar-refractivity contribution in [3.8, 4) is 0 Å². The first-order chi connectivity index (χ1) is 16.6. The van der Waals surface area contributed by atoms with Crippen molar-refractivity contribution in [2.45, 2.75) is 75.7 Å². The fourth-order valence-electron chi connectivity index (χ4n) is 5.52. The van der Waals surface area contributed by atoms with Crippen molar-refractivity contribution in [1.82, 2.24) is 25.1 Å². The van der Waals surface area contributed by atoms with Crippen LogP contribution in [0.4, 0.5) is 17.5 Å². The van der Waals surface area contributed by atoms with E-state index >= 15 is 0 Å². The third kappa shape index (κ3) is 4.58. The molecule has 5 heterocycles. The summed E-state index contributed by atoms with van der Waals surface area (Å²) in [6, 6.07) is 8.78. The van der Waals surface area contributed by atoms with Gasteiger partial charge < -0.3 is 15.5 Å². The van der Waals surface area contributed by atoms with Crippen LogP contribution in [0.3, 0.4) is 0 Å². The summed E-state index contributed by atoms with van der Waals surface area (Å²) in [5, 5.41) is 15.3. The Morgan fingerprint density at radius 1 is 1.26 bits per heavy atom. The highest BCUT2D eigenvalue weighted by Crippen LogP contribution is 2.37. The number of nitrogens with zero attached hydrogens (tertiary/aromatic N) is 4. The third-order valence-electron chi connectivity index (χ3n) is 7.06. The van der Waals surface area contributed by atoms with E-state index in [0.717, 1.165) is 60.3 Å². The summed E-state index contributed by atoms with van der Waals surface area (Å²) in [6.45, 7) is 4.08. The standard InChI is InChI=1S/C25H33N7OS/c1-4-21(34-3)25(33)32-17-7-5-8-18(32)13-16(12-17)27-24-19-9-6-10-26-20(19)14-22(29-24)28-23-11-15(2)30-31-23/h6,9-11,14,16-18,21H,4-5,7-8,12-13H2,1-3H3,(H3,27,28,29,30,31)/t16?,17-,18+,21?. The Bertz CT molecular complexity index is 1150. The molecule has 2 bridgehead atoms. The SMILES string of the molecule is CCC(SC)C(=O)N1[C@@H]2CCC[C@H]1CC(Nc1nc(Nc3cc(C)[nH]n3)cc3ncccc13)C2. The molecular weight excluding hydrogens is 446 g/mol. The normalized spacial score (nSPS) is 23.0. The number of piperidine rings is 2. The zero-order valence-corrected chi connectivity index (χ0v) is 20.9. The Labute approximate surface area is 204 Å². The monoisotopic (exact) mass is 479 g/mol. The fourth-order valence-corrected chi connectivity index (χ4v) is 6.18. The molecule has 2 unspecified atom stereocenters. The largest absolute Gasteiger partial charge is 0.367 e. The average Bonchev–Trinajstić information content (AvgIpc) is 3.23. The van der Waals surface area contributed by atoms with E-state index in [9.17, 15) is 4.79 Å². The number of pyridine rings is 2. The van der Waals surface area contributed by atoms with Gasteiger partial charge in [0.05, 0.1) is 10.8 Å². The number of aromatic amines is 1. The molecule has 180 valence electrons. The highest BCUT2D eigenvalue weighted by Gasteiger charge is 2.42. The van der Waals surface area contributed by atoms with E-state index in [1.54, 1.807) is 18.0 Å². The highest BCUT2D eigenvalue weighted by atomic mass is 32.2. The van der Waals surface area contributed by atoms with Crippen molar-refractivity contribution in [2.24, 2.45) is 0 Å². The molecule has 3 aromatic rings. The number of hydrogen-bond acceptors (Lipinski definition) is 7. The maximum Gasteiger partial charge on any atom is 0.236 e. The highest BCUT2D eigenvalue weighted by molar-refractivity contribution is 7.99. The van der Waals surface area contributed by atoms with Gasteiger partial charge in [0.2, 0.25) is 5.91 Å². The second kappa shape index (κ2) is 9.82. The van der Waals surface area contributed by atoms with E-state index in [0.29, 0.717) is 23.8 Å². The van der Waals surface area contributed by atoms with Crippen molar-refractivity contribution >= 4 is 46.0 Å². The fraction of sp³-hybridized carbons (Fsp3) is 0.520. The minimum atomic E-state index is 0.0673. The molecule has 5 rings (SSSR count). The van der Waals surface area contributed by atoms with Crippen LogP contribution in [0.1, 0.15) is 51.1 Å². The summed E-state index contributed by atoms with van der Waals surface area (Å²) >= 11 is 1.68. The van der Waals surface area contributed by atoms with Gasteiger partial charge >= 0.3 is 0 Å². The second-order valence-electron chi connectivity index (χ2n) is 9.42. The van der Waals surface area contributed by atoms with Crippen LogP contribution in [0.25, 0.3) is 10.9 Å². The summed E-state index contributed by atoms with van der Waals surface area (Å²) in [4.78, 5) is 25.0. The number of thioether (sulfide) groups is 1. The molecule has 2 aliphatic heterocycles. The number of H-pyrrole nitrogens is 1. The Morgan fingerprint density at radius 2 is 2.06 bits per heavy atom. The number of carbonyl (C=O) groups is 1. The van der Waals surface area contributed by atoms with E-state index in [-0.39, 0.29) is 11.3 Å². The van der Waals surface area contributed by atoms with Crippen molar-refractivity contribution in [1.29, 1.82) is 0 Å². The van der Waals surface area contributed by atoms with Crippen molar-refractivity contribution in [3.63, 3.8) is 0 Å². The summed E-state index contributed by atoms with van der Waals surface area (Å²) < 4.78 is 0. The predicted octanol–water partition coefficient (Wildman–Crippen LogP) is 4.87. The summed E-state index contributed by atoms with van der Waals surface area (Å²) in [5.41, 5.74) is 1.87. The smallest absolute Gasteiger partial charge is 0.236 e. The Balaban J connectivity index is 1.38. The number of fused-ring (bicyclic) bond motifs is 3. The molecule has 4 atom stereocenters. The molecule has 0 saturated carbocycles. The molecule has 1 amide bonds. The third-order valence-corrected chi connectivity index (χ3v) is 8.17. The Morgan fingerprint density at radius 3 is 2.74 bits per heavy atom. The quantitative estimate of drug-likeness (QED) is 0.445. The maximum absolute atomic E-state index is 13.3. The van der Waals surface area contributed by atoms with Crippen LogP contribution >= 0.6 is 11.8 Å². The van der Waals surface area contributed by atoms with Crippen molar-refractivity contribution < 1.29 is 4.79 Å². The molecule has 0 radical (unpaired) electrons. The lowest BCUT2D eigenvalue weighted by Crippen LogP contribution is -2.58. The molecule has 2 saturated heterocycles. The Hall–Kier alpha value is -2.81. The number of amides is 1. The zero-order chi connectivity index (χ0) is 23.7. The van der Waals surface area contributed by atoms with Gasteiger partial charge in [0.15, 0.2) is 5.82 Å². The van der Waals surface area contributed by atoms with Crippen LogP contribution in [-0.2, 0) is 4.79 Å². The van der Waals surface area contributed by atoms with Gasteiger partial charge in [0, 0.05) is 47.5 Å². The van der Waals surface area contributed by atoms with Gasteiger partial charge in [-0.25, -0.2) is 4.98 Å². The topological polar surface area (TPSA) is 98.8 Å². The van der Waals surface area contributed by atoms with E-state index in [2.05, 4.69) is 43.7 Å². The van der Waals surface area contributed by atoms with Crippen LogP contribution in [0.5, 0.6) is 0 Å². The van der Waals surface area contributed by atoms with Crippen LogP contribution in [0, 0.1) is 6.92 Å². The van der Waals surface area contributed by atoms with Gasteiger partial charge in [-0.3, -0.25) is 14.9 Å². The number of nitrogens with one attached hydrogen (secondary N) is 3.